The van der Waals surface area contributed by atoms with Crippen LogP contribution in [-0.4, -0.2) is 23.9 Å². The highest BCUT2D eigenvalue weighted by Gasteiger charge is 2.20. The fourth-order valence-electron chi connectivity index (χ4n) is 3.13. The number of carbonyl (C=O) groups is 2. The van der Waals surface area contributed by atoms with Crippen molar-refractivity contribution in [3.63, 3.8) is 0 Å². The monoisotopic (exact) mass is 481 g/mol. The van der Waals surface area contributed by atoms with Crippen molar-refractivity contribution in [2.45, 2.75) is 19.0 Å². The second-order valence-corrected chi connectivity index (χ2v) is 8.04. The van der Waals surface area contributed by atoms with Crippen LogP contribution in [0.2, 0.25) is 0 Å². The predicted molar refractivity (Wildman–Crippen MR) is 124 cm³/mol. The van der Waals surface area contributed by atoms with E-state index in [9.17, 15) is 9.59 Å². The van der Waals surface area contributed by atoms with Gasteiger partial charge in [-0.15, -0.1) is 0 Å². The molecule has 1 unspecified atom stereocenters. The van der Waals surface area contributed by atoms with Gasteiger partial charge in [0.2, 0.25) is 5.91 Å². The van der Waals surface area contributed by atoms with E-state index in [1.54, 1.807) is 18.0 Å². The molecule has 0 fully saturated rings. The number of carbonyl (C=O) groups excluding carboxylic acids is 2. The first kappa shape index (κ1) is 22.4. The van der Waals surface area contributed by atoms with Gasteiger partial charge in [-0.25, -0.2) is 4.79 Å². The summed E-state index contributed by atoms with van der Waals surface area (Å²) >= 11 is 3.41. The van der Waals surface area contributed by atoms with Gasteiger partial charge < -0.3 is 20.7 Å². The van der Waals surface area contributed by atoms with Gasteiger partial charge in [0.25, 0.3) is 0 Å². The van der Waals surface area contributed by atoms with E-state index in [0.717, 1.165) is 15.6 Å². The lowest BCUT2D eigenvalue weighted by Crippen LogP contribution is -2.37. The lowest BCUT2D eigenvalue weighted by atomic mass is 10.0. The number of para-hydroxylation sites is 1. The molecule has 0 radical (unpaired) electrons. The zero-order valence-corrected chi connectivity index (χ0v) is 18.7. The number of urea groups is 1. The third kappa shape index (κ3) is 6.86. The van der Waals surface area contributed by atoms with E-state index in [0.29, 0.717) is 18.0 Å². The Hall–Kier alpha value is -3.32. The molecule has 0 saturated carbocycles. The zero-order valence-electron chi connectivity index (χ0n) is 17.1. The van der Waals surface area contributed by atoms with Gasteiger partial charge in [0.05, 0.1) is 12.5 Å². The smallest absolute Gasteiger partial charge is 0.312 e. The molecule has 0 spiro atoms. The fourth-order valence-corrected chi connectivity index (χ4v) is 3.39. The van der Waals surface area contributed by atoms with E-state index in [1.165, 1.54) is 0 Å². The second-order valence-electron chi connectivity index (χ2n) is 7.13. The fraction of sp³-hybridized carbons (Fsp3) is 0.167. The highest BCUT2D eigenvalue weighted by Crippen LogP contribution is 2.26. The van der Waals surface area contributed by atoms with Gasteiger partial charge in [0, 0.05) is 18.1 Å². The molecular formula is C24H24BrN3O3. The van der Waals surface area contributed by atoms with Crippen LogP contribution in [0.4, 0.5) is 4.79 Å². The number of primary amides is 1. The Labute approximate surface area is 190 Å². The topological polar surface area (TPSA) is 84.7 Å². The minimum Gasteiger partial charge on any atom is -0.457 e. The Morgan fingerprint density at radius 3 is 2.35 bits per heavy atom. The second kappa shape index (κ2) is 10.6. The van der Waals surface area contributed by atoms with Crippen molar-refractivity contribution in [3.8, 4) is 11.5 Å². The lowest BCUT2D eigenvalue weighted by molar-refractivity contribution is -0.130. The predicted octanol–water partition coefficient (Wildman–Crippen LogP) is 5.00. The van der Waals surface area contributed by atoms with Gasteiger partial charge in [0.15, 0.2) is 0 Å². The maximum Gasteiger partial charge on any atom is 0.312 e. The molecule has 0 aliphatic rings. The first-order chi connectivity index (χ1) is 14.9. The van der Waals surface area contributed by atoms with Gasteiger partial charge in [-0.2, -0.15) is 0 Å². The van der Waals surface area contributed by atoms with Crippen LogP contribution >= 0.6 is 15.9 Å². The van der Waals surface area contributed by atoms with Crippen molar-refractivity contribution in [1.29, 1.82) is 0 Å². The molecule has 0 bridgehead atoms. The van der Waals surface area contributed by atoms with Crippen molar-refractivity contribution in [3.05, 3.63) is 94.5 Å². The molecule has 3 rings (SSSR count). The Kier molecular flexibility index (Phi) is 7.67. The molecule has 3 aromatic rings. The highest BCUT2D eigenvalue weighted by molar-refractivity contribution is 9.10. The number of benzene rings is 3. The van der Waals surface area contributed by atoms with Crippen molar-refractivity contribution >= 4 is 27.9 Å². The van der Waals surface area contributed by atoms with Gasteiger partial charge >= 0.3 is 6.03 Å². The largest absolute Gasteiger partial charge is 0.457 e. The van der Waals surface area contributed by atoms with Gasteiger partial charge in [-0.1, -0.05) is 58.4 Å². The summed E-state index contributed by atoms with van der Waals surface area (Å²) in [7, 11) is 1.74. The Morgan fingerprint density at radius 1 is 1.00 bits per heavy atom. The first-order valence-electron chi connectivity index (χ1n) is 9.78. The van der Waals surface area contributed by atoms with E-state index in [2.05, 4.69) is 21.2 Å². The molecule has 0 aliphatic carbocycles. The number of amides is 3. The molecule has 0 heterocycles. The van der Waals surface area contributed by atoms with Gasteiger partial charge in [-0.3, -0.25) is 4.79 Å². The summed E-state index contributed by atoms with van der Waals surface area (Å²) in [5.74, 6) is 1.19. The van der Waals surface area contributed by atoms with E-state index in [-0.39, 0.29) is 12.3 Å². The van der Waals surface area contributed by atoms with Crippen LogP contribution in [0.3, 0.4) is 0 Å². The number of rotatable bonds is 8. The third-order valence-corrected chi connectivity index (χ3v) is 5.22. The lowest BCUT2D eigenvalue weighted by Gasteiger charge is -2.23. The molecule has 0 aromatic heterocycles. The zero-order chi connectivity index (χ0) is 22.2. The van der Waals surface area contributed by atoms with Gasteiger partial charge in [0.1, 0.15) is 11.5 Å². The molecule has 0 saturated heterocycles. The SMILES string of the molecule is CN(Cc1ccc(Br)cc1)C(=O)CC(NC(N)=O)c1cccc(Oc2ccccc2)c1. The molecule has 0 aliphatic heterocycles. The minimum atomic E-state index is -0.692. The molecule has 3 amide bonds. The summed E-state index contributed by atoms with van der Waals surface area (Å²) < 4.78 is 6.85. The summed E-state index contributed by atoms with van der Waals surface area (Å²) in [6.45, 7) is 0.465. The number of ether oxygens (including phenoxy) is 1. The van der Waals surface area contributed by atoms with Crippen LogP contribution in [0.15, 0.2) is 83.3 Å². The van der Waals surface area contributed by atoms with Crippen LogP contribution in [0.25, 0.3) is 0 Å². The van der Waals surface area contributed by atoms with Crippen LogP contribution < -0.4 is 15.8 Å². The molecule has 3 aromatic carbocycles. The number of halogens is 1. The summed E-state index contributed by atoms with van der Waals surface area (Å²) in [4.78, 5) is 26.1. The van der Waals surface area contributed by atoms with Crippen molar-refractivity contribution < 1.29 is 14.3 Å². The molecule has 7 heteroatoms. The highest BCUT2D eigenvalue weighted by atomic mass is 79.9. The van der Waals surface area contributed by atoms with Crippen molar-refractivity contribution in [1.82, 2.24) is 10.2 Å². The van der Waals surface area contributed by atoms with Gasteiger partial charge in [-0.05, 0) is 47.5 Å². The summed E-state index contributed by atoms with van der Waals surface area (Å²) in [5.41, 5.74) is 7.12. The number of hydrogen-bond donors (Lipinski definition) is 2. The van der Waals surface area contributed by atoms with Crippen molar-refractivity contribution in [2.24, 2.45) is 5.73 Å². The van der Waals surface area contributed by atoms with Crippen molar-refractivity contribution in [2.75, 3.05) is 7.05 Å². The van der Waals surface area contributed by atoms with E-state index in [4.69, 9.17) is 10.5 Å². The quantitative estimate of drug-likeness (QED) is 0.474. The molecule has 3 N–H and O–H groups in total. The summed E-state index contributed by atoms with van der Waals surface area (Å²) in [5, 5.41) is 2.67. The third-order valence-electron chi connectivity index (χ3n) is 4.69. The summed E-state index contributed by atoms with van der Waals surface area (Å²) in [6, 6.07) is 23.2. The van der Waals surface area contributed by atoms with Crippen LogP contribution in [0.1, 0.15) is 23.6 Å². The molecule has 1 atom stereocenters. The molecule has 31 heavy (non-hydrogen) atoms. The average molecular weight is 482 g/mol. The molecule has 160 valence electrons. The standard InChI is InChI=1S/C24H24BrN3O3/c1-28(16-17-10-12-19(25)13-11-17)23(29)15-22(27-24(26)30)18-6-5-9-21(14-18)31-20-7-3-2-4-8-20/h2-14,22H,15-16H2,1H3,(H3,26,27,30). The maximum atomic E-state index is 12.8. The first-order valence-corrected chi connectivity index (χ1v) is 10.6. The number of nitrogens with zero attached hydrogens (tertiary/aromatic N) is 1. The van der Waals surface area contributed by atoms with E-state index in [1.807, 2.05) is 72.8 Å². The molecule has 6 nitrogen and oxygen atoms in total. The number of nitrogens with two attached hydrogens (primary N) is 1. The van der Waals surface area contributed by atoms with Crippen LogP contribution in [0.5, 0.6) is 11.5 Å². The normalized spacial score (nSPS) is 11.4. The van der Waals surface area contributed by atoms with E-state index < -0.39 is 12.1 Å². The van der Waals surface area contributed by atoms with Crippen LogP contribution in [0, 0.1) is 0 Å². The van der Waals surface area contributed by atoms with E-state index >= 15 is 0 Å². The minimum absolute atomic E-state index is 0.0742. The Bertz CT molecular complexity index is 1030. The molecular weight excluding hydrogens is 458 g/mol. The maximum absolute atomic E-state index is 12.8. The summed E-state index contributed by atoms with van der Waals surface area (Å²) in [6.07, 6.45) is 0.0742. The number of hydrogen-bond acceptors (Lipinski definition) is 3. The van der Waals surface area contributed by atoms with Crippen LogP contribution in [-0.2, 0) is 11.3 Å². The number of nitrogens with one attached hydrogen (secondary N) is 1. The average Bonchev–Trinajstić information content (AvgIpc) is 2.75. The Balaban J connectivity index is 1.72. The Morgan fingerprint density at radius 2 is 1.68 bits per heavy atom.